The molecule has 0 saturated carbocycles. The summed E-state index contributed by atoms with van der Waals surface area (Å²) in [5.74, 6) is 0. The molecule has 2 aromatic rings. The van der Waals surface area contributed by atoms with Gasteiger partial charge in [0.1, 0.15) is 0 Å². The topological polar surface area (TPSA) is 17.8 Å². The van der Waals surface area contributed by atoms with Crippen molar-refractivity contribution in [3.8, 4) is 11.3 Å². The molecule has 0 N–H and O–H groups in total. The molecule has 2 heteroatoms. The molecule has 3 rings (SSSR count). The highest BCUT2D eigenvalue weighted by atomic mass is 15.3. The van der Waals surface area contributed by atoms with Crippen LogP contribution >= 0.6 is 0 Å². The molecule has 1 radical (unpaired) electrons. The van der Waals surface area contributed by atoms with Crippen LogP contribution in [0.4, 0.5) is 0 Å². The largest absolute Gasteiger partial charge is 0.267 e. The first-order valence-corrected chi connectivity index (χ1v) is 5.66. The molecule has 83 valence electrons. The molecule has 0 amide bonds. The molecule has 1 aromatic heterocycles. The van der Waals surface area contributed by atoms with Crippen molar-refractivity contribution in [2.24, 2.45) is 7.05 Å². The second-order valence-electron chi connectivity index (χ2n) is 4.08. The number of hydrogen-bond donors (Lipinski definition) is 0. The summed E-state index contributed by atoms with van der Waals surface area (Å²) in [6.45, 7) is 0. The average molecular weight is 221 g/mol. The maximum Gasteiger partial charge on any atom is 0.0926 e. The van der Waals surface area contributed by atoms with E-state index < -0.39 is 0 Å². The summed E-state index contributed by atoms with van der Waals surface area (Å²) < 4.78 is 1.93. The number of aromatic nitrogens is 2. The molecular formula is C15H13N2. The molecular weight excluding hydrogens is 208 g/mol. The summed E-state index contributed by atoms with van der Waals surface area (Å²) in [5, 5.41) is 4.55. The number of rotatable bonds is 2. The Morgan fingerprint density at radius 2 is 1.94 bits per heavy atom. The third-order valence-corrected chi connectivity index (χ3v) is 2.91. The highest BCUT2D eigenvalue weighted by molar-refractivity contribution is 5.78. The van der Waals surface area contributed by atoms with Crippen molar-refractivity contribution >= 4 is 5.57 Å². The molecule has 0 saturated heterocycles. The Morgan fingerprint density at radius 3 is 2.65 bits per heavy atom. The molecule has 1 aromatic carbocycles. The lowest BCUT2D eigenvalue weighted by Gasteiger charge is -1.99. The van der Waals surface area contributed by atoms with Crippen molar-refractivity contribution in [2.45, 2.75) is 0 Å². The number of allylic oxidation sites excluding steroid dienone is 4. The number of benzene rings is 1. The van der Waals surface area contributed by atoms with Gasteiger partial charge < -0.3 is 0 Å². The summed E-state index contributed by atoms with van der Waals surface area (Å²) >= 11 is 0. The number of hydrogen-bond acceptors (Lipinski definition) is 1. The second kappa shape index (κ2) is 4.06. The maximum absolute atomic E-state index is 4.55. The van der Waals surface area contributed by atoms with Gasteiger partial charge in [-0.15, -0.1) is 0 Å². The van der Waals surface area contributed by atoms with E-state index in [0.29, 0.717) is 0 Å². The Balaban J connectivity index is 2.05. The third-order valence-electron chi connectivity index (χ3n) is 2.91. The fourth-order valence-corrected chi connectivity index (χ4v) is 2.03. The zero-order chi connectivity index (χ0) is 11.7. The Labute approximate surface area is 101 Å². The van der Waals surface area contributed by atoms with Crippen molar-refractivity contribution in [2.75, 3.05) is 0 Å². The normalized spacial score (nSPS) is 14.1. The van der Waals surface area contributed by atoms with E-state index in [2.05, 4.69) is 35.4 Å². The van der Waals surface area contributed by atoms with E-state index in [1.54, 1.807) is 0 Å². The minimum Gasteiger partial charge on any atom is -0.267 e. The monoisotopic (exact) mass is 221 g/mol. The molecule has 0 aliphatic heterocycles. The van der Waals surface area contributed by atoms with Crippen LogP contribution in [0.5, 0.6) is 0 Å². The Kier molecular flexibility index (Phi) is 2.41. The molecule has 1 aliphatic carbocycles. The highest BCUT2D eigenvalue weighted by Gasteiger charge is 2.10. The number of nitrogens with zero attached hydrogens (tertiary/aromatic N) is 2. The molecule has 0 atom stereocenters. The smallest absolute Gasteiger partial charge is 0.0926 e. The van der Waals surface area contributed by atoms with Crippen LogP contribution in [0.1, 0.15) is 5.69 Å². The van der Waals surface area contributed by atoms with Crippen LogP contribution in [0.3, 0.4) is 0 Å². The predicted octanol–water partition coefficient (Wildman–Crippen LogP) is 3.24. The van der Waals surface area contributed by atoms with Crippen molar-refractivity contribution in [3.05, 3.63) is 66.7 Å². The molecule has 0 unspecified atom stereocenters. The molecule has 17 heavy (non-hydrogen) atoms. The standard InChI is InChI=1S/C15H13N2/c1-17-15(13-9-3-2-4-10-13)11-14(16-17)12-7-5-6-8-12/h2-11H,1H3. The van der Waals surface area contributed by atoms with E-state index in [4.69, 9.17) is 0 Å². The van der Waals surface area contributed by atoms with Crippen LogP contribution in [0.15, 0.2) is 54.6 Å². The van der Waals surface area contributed by atoms with Gasteiger partial charge in [0.2, 0.25) is 0 Å². The van der Waals surface area contributed by atoms with Gasteiger partial charge in [0.15, 0.2) is 0 Å². The summed E-state index contributed by atoms with van der Waals surface area (Å²) in [5.41, 5.74) is 4.53. The summed E-state index contributed by atoms with van der Waals surface area (Å²) in [6, 6.07) is 12.5. The van der Waals surface area contributed by atoms with Crippen LogP contribution in [-0.2, 0) is 7.05 Å². The fraction of sp³-hybridized carbons (Fsp3) is 0.0667. The molecule has 0 fully saturated rings. The predicted molar refractivity (Wildman–Crippen MR) is 70.1 cm³/mol. The number of aryl methyl sites for hydroxylation is 1. The van der Waals surface area contributed by atoms with Gasteiger partial charge in [-0.2, -0.15) is 5.10 Å². The van der Waals surface area contributed by atoms with Gasteiger partial charge in [-0.1, -0.05) is 48.6 Å². The van der Waals surface area contributed by atoms with Gasteiger partial charge in [-0.25, -0.2) is 0 Å². The first kappa shape index (κ1) is 10.1. The van der Waals surface area contributed by atoms with Crippen LogP contribution < -0.4 is 0 Å². The summed E-state index contributed by atoms with van der Waals surface area (Å²) in [6.07, 6.45) is 8.23. The van der Waals surface area contributed by atoms with E-state index >= 15 is 0 Å². The molecule has 1 heterocycles. The SMILES string of the molecule is Cn1nc(C2=C[CH]C=C2)cc1-c1ccccc1. The van der Waals surface area contributed by atoms with Crippen LogP contribution in [0.2, 0.25) is 0 Å². The Morgan fingerprint density at radius 1 is 1.12 bits per heavy atom. The van der Waals surface area contributed by atoms with E-state index in [1.807, 2.05) is 42.4 Å². The molecule has 2 nitrogen and oxygen atoms in total. The van der Waals surface area contributed by atoms with Crippen LogP contribution in [-0.4, -0.2) is 9.78 Å². The molecule has 1 aliphatic rings. The quantitative estimate of drug-likeness (QED) is 0.761. The zero-order valence-corrected chi connectivity index (χ0v) is 9.67. The zero-order valence-electron chi connectivity index (χ0n) is 9.67. The minimum absolute atomic E-state index is 1.02. The van der Waals surface area contributed by atoms with Crippen molar-refractivity contribution < 1.29 is 0 Å². The Bertz CT molecular complexity index is 589. The van der Waals surface area contributed by atoms with Crippen molar-refractivity contribution in [1.29, 1.82) is 0 Å². The first-order chi connectivity index (χ1) is 8.34. The van der Waals surface area contributed by atoms with Gasteiger partial charge in [-0.05, 0) is 17.2 Å². The van der Waals surface area contributed by atoms with E-state index in [1.165, 1.54) is 11.1 Å². The van der Waals surface area contributed by atoms with Crippen molar-refractivity contribution in [3.63, 3.8) is 0 Å². The van der Waals surface area contributed by atoms with Gasteiger partial charge in [0.25, 0.3) is 0 Å². The summed E-state index contributed by atoms with van der Waals surface area (Å²) in [4.78, 5) is 0. The molecule has 0 spiro atoms. The highest BCUT2D eigenvalue weighted by Crippen LogP contribution is 2.25. The first-order valence-electron chi connectivity index (χ1n) is 5.66. The summed E-state index contributed by atoms with van der Waals surface area (Å²) in [7, 11) is 1.98. The molecule has 0 bridgehead atoms. The van der Waals surface area contributed by atoms with Gasteiger partial charge in [0, 0.05) is 13.5 Å². The lowest BCUT2D eigenvalue weighted by atomic mass is 10.1. The van der Waals surface area contributed by atoms with Crippen molar-refractivity contribution in [1.82, 2.24) is 9.78 Å². The maximum atomic E-state index is 4.55. The van der Waals surface area contributed by atoms with Gasteiger partial charge in [-0.3, -0.25) is 4.68 Å². The van der Waals surface area contributed by atoms with E-state index in [-0.39, 0.29) is 0 Å². The van der Waals surface area contributed by atoms with E-state index in [0.717, 1.165) is 11.4 Å². The van der Waals surface area contributed by atoms with E-state index in [9.17, 15) is 0 Å². The lowest BCUT2D eigenvalue weighted by molar-refractivity contribution is 0.771. The third kappa shape index (κ3) is 1.82. The van der Waals surface area contributed by atoms with Gasteiger partial charge in [0.05, 0.1) is 11.4 Å². The minimum atomic E-state index is 1.02. The average Bonchev–Trinajstić information content (AvgIpc) is 2.99. The second-order valence-corrected chi connectivity index (χ2v) is 4.08. The fourth-order valence-electron chi connectivity index (χ4n) is 2.03. The van der Waals surface area contributed by atoms with Crippen LogP contribution in [0.25, 0.3) is 16.8 Å². The Hall–Kier alpha value is -2.09. The van der Waals surface area contributed by atoms with Gasteiger partial charge >= 0.3 is 0 Å². The van der Waals surface area contributed by atoms with Crippen LogP contribution in [0, 0.1) is 6.42 Å². The lowest BCUT2D eigenvalue weighted by Crippen LogP contribution is -1.93.